The van der Waals surface area contributed by atoms with Crippen LogP contribution >= 0.6 is 11.6 Å². The van der Waals surface area contributed by atoms with Crippen LogP contribution in [0.5, 0.6) is 0 Å². The van der Waals surface area contributed by atoms with E-state index in [2.05, 4.69) is 12.2 Å². The van der Waals surface area contributed by atoms with Crippen LogP contribution < -0.4 is 5.32 Å². The molecular weight excluding hydrogens is 241 g/mol. The van der Waals surface area contributed by atoms with Crippen molar-refractivity contribution >= 4 is 11.6 Å². The molecule has 4 heteroatoms. The Kier molecular flexibility index (Phi) is 7.17. The maximum Gasteiger partial charge on any atom is 0.142 e. The Morgan fingerprint density at radius 1 is 1.35 bits per heavy atom. The van der Waals surface area contributed by atoms with E-state index in [0.29, 0.717) is 13.2 Å². The fourth-order valence-corrected chi connectivity index (χ4v) is 1.59. The monoisotopic (exact) mass is 259 g/mol. The average Bonchev–Trinajstić information content (AvgIpc) is 2.33. The van der Waals surface area contributed by atoms with E-state index in [4.69, 9.17) is 16.3 Å². The van der Waals surface area contributed by atoms with Gasteiger partial charge in [0.15, 0.2) is 0 Å². The van der Waals surface area contributed by atoms with Gasteiger partial charge in [0.05, 0.1) is 11.6 Å². The quantitative estimate of drug-likeness (QED) is 0.723. The summed E-state index contributed by atoms with van der Waals surface area (Å²) in [6, 6.07) is 4.84. The Hall–Kier alpha value is -0.640. The van der Waals surface area contributed by atoms with Gasteiger partial charge in [-0.3, -0.25) is 0 Å². The number of unbranched alkanes of at least 4 members (excludes halogenated alkanes) is 1. The highest BCUT2D eigenvalue weighted by Gasteiger charge is 2.04. The van der Waals surface area contributed by atoms with E-state index in [1.807, 2.05) is 6.07 Å². The fraction of sp³-hybridized carbons (Fsp3) is 0.538. The molecule has 17 heavy (non-hydrogen) atoms. The van der Waals surface area contributed by atoms with Gasteiger partial charge in [0.25, 0.3) is 0 Å². The molecular formula is C13H19ClFNO. The summed E-state index contributed by atoms with van der Waals surface area (Å²) in [5.74, 6) is -0.370. The number of benzene rings is 1. The van der Waals surface area contributed by atoms with Crippen LogP contribution in [0.2, 0.25) is 5.02 Å². The van der Waals surface area contributed by atoms with Crippen LogP contribution in [-0.2, 0) is 11.3 Å². The maximum atomic E-state index is 13.1. The van der Waals surface area contributed by atoms with Crippen LogP contribution in [0, 0.1) is 5.82 Å². The molecule has 1 N–H and O–H groups in total. The predicted octanol–water partition coefficient (Wildman–Crippen LogP) is 3.39. The molecule has 0 radical (unpaired) electrons. The van der Waals surface area contributed by atoms with Crippen molar-refractivity contribution in [1.29, 1.82) is 0 Å². The third kappa shape index (κ3) is 5.48. The number of hydrogen-bond acceptors (Lipinski definition) is 2. The van der Waals surface area contributed by atoms with Crippen molar-refractivity contribution < 1.29 is 9.13 Å². The molecule has 0 aromatic heterocycles. The van der Waals surface area contributed by atoms with Crippen LogP contribution in [0.15, 0.2) is 18.2 Å². The maximum absolute atomic E-state index is 13.1. The molecule has 0 aliphatic heterocycles. The van der Waals surface area contributed by atoms with Crippen molar-refractivity contribution in [2.24, 2.45) is 0 Å². The minimum absolute atomic E-state index is 0.201. The smallest absolute Gasteiger partial charge is 0.142 e. The van der Waals surface area contributed by atoms with E-state index in [9.17, 15) is 4.39 Å². The standard InChI is InChI=1S/C13H19ClFNO/c1-2-3-8-17-9-7-16-10-11-5-4-6-12(15)13(11)14/h4-6,16H,2-3,7-10H2,1H3. The summed E-state index contributed by atoms with van der Waals surface area (Å²) in [6.07, 6.45) is 2.24. The molecule has 0 atom stereocenters. The topological polar surface area (TPSA) is 21.3 Å². The lowest BCUT2D eigenvalue weighted by Gasteiger charge is -2.07. The second-order valence-corrected chi connectivity index (χ2v) is 4.23. The van der Waals surface area contributed by atoms with Gasteiger partial charge < -0.3 is 10.1 Å². The third-order valence-electron chi connectivity index (χ3n) is 2.41. The number of halogens is 2. The zero-order valence-corrected chi connectivity index (χ0v) is 10.9. The van der Waals surface area contributed by atoms with E-state index in [-0.39, 0.29) is 10.8 Å². The van der Waals surface area contributed by atoms with Gasteiger partial charge in [-0.1, -0.05) is 37.1 Å². The van der Waals surface area contributed by atoms with Crippen molar-refractivity contribution in [3.8, 4) is 0 Å². The Balaban J connectivity index is 2.16. The Morgan fingerprint density at radius 3 is 2.94 bits per heavy atom. The first kappa shape index (κ1) is 14.4. The lowest BCUT2D eigenvalue weighted by atomic mass is 10.2. The highest BCUT2D eigenvalue weighted by molar-refractivity contribution is 6.31. The van der Waals surface area contributed by atoms with Gasteiger partial charge in [0.2, 0.25) is 0 Å². The Bertz CT molecular complexity index is 333. The average molecular weight is 260 g/mol. The minimum atomic E-state index is -0.370. The predicted molar refractivity (Wildman–Crippen MR) is 68.8 cm³/mol. The van der Waals surface area contributed by atoms with Gasteiger partial charge in [-0.25, -0.2) is 4.39 Å². The molecule has 0 fully saturated rings. The molecule has 0 saturated heterocycles. The Morgan fingerprint density at radius 2 is 2.18 bits per heavy atom. The molecule has 1 rings (SSSR count). The number of ether oxygens (including phenoxy) is 1. The van der Waals surface area contributed by atoms with E-state index < -0.39 is 0 Å². The van der Waals surface area contributed by atoms with Crippen molar-refractivity contribution in [1.82, 2.24) is 5.32 Å². The lowest BCUT2D eigenvalue weighted by molar-refractivity contribution is 0.133. The van der Waals surface area contributed by atoms with Gasteiger partial charge in [-0.2, -0.15) is 0 Å². The van der Waals surface area contributed by atoms with Crippen molar-refractivity contribution in [3.05, 3.63) is 34.6 Å². The van der Waals surface area contributed by atoms with Gasteiger partial charge in [0.1, 0.15) is 5.82 Å². The first-order valence-electron chi connectivity index (χ1n) is 5.97. The zero-order chi connectivity index (χ0) is 12.5. The fourth-order valence-electron chi connectivity index (χ4n) is 1.40. The molecule has 0 aliphatic carbocycles. The largest absolute Gasteiger partial charge is 0.380 e. The Labute approximate surface area is 107 Å². The second-order valence-electron chi connectivity index (χ2n) is 3.86. The minimum Gasteiger partial charge on any atom is -0.380 e. The van der Waals surface area contributed by atoms with Crippen molar-refractivity contribution in [2.45, 2.75) is 26.3 Å². The van der Waals surface area contributed by atoms with E-state index in [1.165, 1.54) is 6.07 Å². The third-order valence-corrected chi connectivity index (χ3v) is 2.84. The number of nitrogens with one attached hydrogen (secondary N) is 1. The normalized spacial score (nSPS) is 10.8. The van der Waals surface area contributed by atoms with Gasteiger partial charge >= 0.3 is 0 Å². The first-order valence-corrected chi connectivity index (χ1v) is 6.35. The van der Waals surface area contributed by atoms with E-state index in [1.54, 1.807) is 6.07 Å². The molecule has 2 nitrogen and oxygen atoms in total. The zero-order valence-electron chi connectivity index (χ0n) is 10.1. The highest BCUT2D eigenvalue weighted by Crippen LogP contribution is 2.19. The molecule has 0 spiro atoms. The van der Waals surface area contributed by atoms with Gasteiger partial charge in [-0.05, 0) is 18.1 Å². The van der Waals surface area contributed by atoms with Crippen LogP contribution in [0.25, 0.3) is 0 Å². The molecule has 0 bridgehead atoms. The highest BCUT2D eigenvalue weighted by atomic mass is 35.5. The summed E-state index contributed by atoms with van der Waals surface area (Å²) in [6.45, 7) is 4.92. The number of hydrogen-bond donors (Lipinski definition) is 1. The molecule has 0 unspecified atom stereocenters. The molecule has 0 heterocycles. The van der Waals surface area contributed by atoms with Crippen LogP contribution in [-0.4, -0.2) is 19.8 Å². The summed E-state index contributed by atoms with van der Waals surface area (Å²) in [4.78, 5) is 0. The SMILES string of the molecule is CCCCOCCNCc1cccc(F)c1Cl. The molecule has 1 aromatic rings. The van der Waals surface area contributed by atoms with E-state index >= 15 is 0 Å². The summed E-state index contributed by atoms with van der Waals surface area (Å²) < 4.78 is 18.5. The molecule has 0 amide bonds. The summed E-state index contributed by atoms with van der Waals surface area (Å²) in [5.41, 5.74) is 0.778. The van der Waals surface area contributed by atoms with Crippen molar-refractivity contribution in [2.75, 3.05) is 19.8 Å². The first-order chi connectivity index (χ1) is 8.25. The molecule has 0 saturated carbocycles. The molecule has 0 aliphatic rings. The van der Waals surface area contributed by atoms with Crippen LogP contribution in [0.3, 0.4) is 0 Å². The summed E-state index contributed by atoms with van der Waals surface area (Å²) in [7, 11) is 0. The van der Waals surface area contributed by atoms with E-state index in [0.717, 1.165) is 31.6 Å². The summed E-state index contributed by atoms with van der Waals surface area (Å²) >= 11 is 5.83. The molecule has 1 aromatic carbocycles. The van der Waals surface area contributed by atoms with Crippen LogP contribution in [0.4, 0.5) is 4.39 Å². The lowest BCUT2D eigenvalue weighted by Crippen LogP contribution is -2.19. The second kappa shape index (κ2) is 8.45. The van der Waals surface area contributed by atoms with Crippen LogP contribution in [0.1, 0.15) is 25.3 Å². The number of rotatable bonds is 8. The van der Waals surface area contributed by atoms with Gasteiger partial charge in [0, 0.05) is 19.7 Å². The summed E-state index contributed by atoms with van der Waals surface area (Å²) in [5, 5.41) is 3.37. The van der Waals surface area contributed by atoms with Gasteiger partial charge in [-0.15, -0.1) is 0 Å². The van der Waals surface area contributed by atoms with Crippen molar-refractivity contribution in [3.63, 3.8) is 0 Å². The molecule has 96 valence electrons.